The van der Waals surface area contributed by atoms with Crippen LogP contribution in [0.3, 0.4) is 0 Å². The molecule has 0 N–H and O–H groups in total. The Morgan fingerprint density at radius 3 is 2.27 bits per heavy atom. The summed E-state index contributed by atoms with van der Waals surface area (Å²) in [5.74, 6) is -0.216. The summed E-state index contributed by atoms with van der Waals surface area (Å²) in [6.45, 7) is 3.75. The van der Waals surface area contributed by atoms with Crippen LogP contribution in [0.2, 0.25) is 0 Å². The van der Waals surface area contributed by atoms with Gasteiger partial charge in [-0.15, -0.1) is 0 Å². The lowest BCUT2D eigenvalue weighted by Gasteiger charge is -2.40. The Morgan fingerprint density at radius 1 is 1.20 bits per heavy atom. The van der Waals surface area contributed by atoms with Crippen LogP contribution in [0, 0.1) is 0 Å². The number of hydrogen-bond acceptors (Lipinski definition) is 2. The van der Waals surface area contributed by atoms with Crippen molar-refractivity contribution < 1.29 is 9.59 Å². The molecule has 2 aliphatic rings. The Bertz CT molecular complexity index is 338. The van der Waals surface area contributed by atoms with Crippen LogP contribution in [0.25, 0.3) is 0 Å². The first-order valence-electron chi connectivity index (χ1n) is 5.61. The molecule has 1 aliphatic carbocycles. The largest absolute Gasteiger partial charge is 0.269 e. The van der Waals surface area contributed by atoms with Crippen molar-refractivity contribution in [2.45, 2.75) is 51.5 Å². The van der Waals surface area contributed by atoms with Crippen LogP contribution in [0.5, 0.6) is 0 Å². The summed E-state index contributed by atoms with van der Waals surface area (Å²) in [5, 5.41) is 0. The Kier molecular flexibility index (Phi) is 2.41. The number of nitrogens with zero attached hydrogens (tertiary/aromatic N) is 1. The zero-order valence-electron chi connectivity index (χ0n) is 9.38. The molecule has 2 rings (SSSR count). The van der Waals surface area contributed by atoms with E-state index >= 15 is 0 Å². The van der Waals surface area contributed by atoms with E-state index in [1.807, 2.05) is 6.92 Å². The minimum absolute atomic E-state index is 0.0931. The number of amides is 2. The van der Waals surface area contributed by atoms with E-state index < -0.39 is 0 Å². The van der Waals surface area contributed by atoms with E-state index in [1.165, 1.54) is 17.4 Å². The molecule has 2 amide bonds. The maximum absolute atomic E-state index is 11.9. The van der Waals surface area contributed by atoms with Crippen molar-refractivity contribution in [3.63, 3.8) is 0 Å². The molecule has 0 aromatic rings. The van der Waals surface area contributed by atoms with Gasteiger partial charge in [-0.3, -0.25) is 14.5 Å². The summed E-state index contributed by atoms with van der Waals surface area (Å²) in [6, 6.07) is 0. The zero-order valence-corrected chi connectivity index (χ0v) is 9.38. The third-order valence-electron chi connectivity index (χ3n) is 3.57. The molecule has 1 heterocycles. The van der Waals surface area contributed by atoms with Gasteiger partial charge in [0.05, 0.1) is 0 Å². The molecule has 0 unspecified atom stereocenters. The standard InChI is InChI=1S/C12H17NO2/c1-9-8-10(14)13(11(9)15)12(2)6-4-3-5-7-12/h8H,3-7H2,1-2H3. The number of hydrogen-bond donors (Lipinski definition) is 0. The minimum atomic E-state index is -0.235. The fourth-order valence-electron chi connectivity index (χ4n) is 2.64. The second-order valence-electron chi connectivity index (χ2n) is 4.86. The molecule has 15 heavy (non-hydrogen) atoms. The summed E-state index contributed by atoms with van der Waals surface area (Å²) in [7, 11) is 0. The highest BCUT2D eigenvalue weighted by atomic mass is 16.2. The third kappa shape index (κ3) is 1.60. The summed E-state index contributed by atoms with van der Waals surface area (Å²) < 4.78 is 0. The van der Waals surface area contributed by atoms with Gasteiger partial charge < -0.3 is 0 Å². The van der Waals surface area contributed by atoms with E-state index in [1.54, 1.807) is 6.92 Å². The molecule has 3 nitrogen and oxygen atoms in total. The van der Waals surface area contributed by atoms with Gasteiger partial charge in [-0.2, -0.15) is 0 Å². The van der Waals surface area contributed by atoms with Crippen molar-refractivity contribution in [1.82, 2.24) is 4.90 Å². The van der Waals surface area contributed by atoms with Gasteiger partial charge in [-0.05, 0) is 26.7 Å². The van der Waals surface area contributed by atoms with E-state index in [0.717, 1.165) is 25.7 Å². The summed E-state index contributed by atoms with van der Waals surface area (Å²) >= 11 is 0. The topological polar surface area (TPSA) is 37.4 Å². The Labute approximate surface area is 90.1 Å². The van der Waals surface area contributed by atoms with Crippen LogP contribution < -0.4 is 0 Å². The highest BCUT2D eigenvalue weighted by Gasteiger charge is 2.42. The molecule has 1 saturated carbocycles. The van der Waals surface area contributed by atoms with Crippen LogP contribution >= 0.6 is 0 Å². The minimum Gasteiger partial charge on any atom is -0.269 e. The Balaban J connectivity index is 2.24. The number of rotatable bonds is 1. The molecule has 0 radical (unpaired) electrons. The second-order valence-corrected chi connectivity index (χ2v) is 4.86. The molecule has 1 fully saturated rings. The van der Waals surface area contributed by atoms with Gasteiger partial charge >= 0.3 is 0 Å². The van der Waals surface area contributed by atoms with Gasteiger partial charge in [0.1, 0.15) is 0 Å². The van der Waals surface area contributed by atoms with Gasteiger partial charge in [0.2, 0.25) is 0 Å². The van der Waals surface area contributed by atoms with Crippen molar-refractivity contribution in [1.29, 1.82) is 0 Å². The second kappa shape index (κ2) is 3.47. The van der Waals surface area contributed by atoms with E-state index in [2.05, 4.69) is 0 Å². The van der Waals surface area contributed by atoms with Crippen LogP contribution in [0.15, 0.2) is 11.6 Å². The molecule has 0 spiro atoms. The fraction of sp³-hybridized carbons (Fsp3) is 0.667. The quantitative estimate of drug-likeness (QED) is 0.617. The zero-order chi connectivity index (χ0) is 11.1. The van der Waals surface area contributed by atoms with Gasteiger partial charge in [0, 0.05) is 17.2 Å². The van der Waals surface area contributed by atoms with Crippen LogP contribution in [0.4, 0.5) is 0 Å². The van der Waals surface area contributed by atoms with Crippen molar-refractivity contribution in [2.24, 2.45) is 0 Å². The first-order valence-corrected chi connectivity index (χ1v) is 5.61. The highest BCUT2D eigenvalue weighted by molar-refractivity contribution is 6.16. The van der Waals surface area contributed by atoms with Gasteiger partial charge in [-0.25, -0.2) is 0 Å². The molecule has 0 aromatic carbocycles. The lowest BCUT2D eigenvalue weighted by atomic mass is 9.82. The monoisotopic (exact) mass is 207 g/mol. The van der Waals surface area contributed by atoms with Crippen LogP contribution in [0.1, 0.15) is 46.0 Å². The normalized spacial score (nSPS) is 25.7. The van der Waals surface area contributed by atoms with E-state index in [4.69, 9.17) is 0 Å². The summed E-state index contributed by atoms with van der Waals surface area (Å²) in [4.78, 5) is 25.1. The van der Waals surface area contributed by atoms with Gasteiger partial charge in [0.25, 0.3) is 11.8 Å². The summed E-state index contributed by atoms with van der Waals surface area (Å²) in [6.07, 6.45) is 6.82. The average Bonchev–Trinajstić information content (AvgIpc) is 2.42. The molecule has 3 heteroatoms. The van der Waals surface area contributed by atoms with E-state index in [0.29, 0.717) is 5.57 Å². The smallest absolute Gasteiger partial charge is 0.257 e. The molecule has 1 aliphatic heterocycles. The molecule has 82 valence electrons. The molecule has 0 atom stereocenters. The highest BCUT2D eigenvalue weighted by Crippen LogP contribution is 2.36. The molecular formula is C12H17NO2. The predicted molar refractivity (Wildman–Crippen MR) is 57.1 cm³/mol. The first kappa shape index (κ1) is 10.4. The summed E-state index contributed by atoms with van der Waals surface area (Å²) in [5.41, 5.74) is 0.340. The SMILES string of the molecule is CC1=CC(=O)N(C2(C)CCCCC2)C1=O. The van der Waals surface area contributed by atoms with Gasteiger partial charge in [0.15, 0.2) is 0 Å². The fourth-order valence-corrected chi connectivity index (χ4v) is 2.64. The lowest BCUT2D eigenvalue weighted by Crippen LogP contribution is -2.51. The number of carbonyl (C=O) groups excluding carboxylic acids is 2. The van der Waals surface area contributed by atoms with Gasteiger partial charge in [-0.1, -0.05) is 19.3 Å². The average molecular weight is 207 g/mol. The van der Waals surface area contributed by atoms with Crippen molar-refractivity contribution in [3.8, 4) is 0 Å². The van der Waals surface area contributed by atoms with Crippen molar-refractivity contribution in [3.05, 3.63) is 11.6 Å². The van der Waals surface area contributed by atoms with Crippen LogP contribution in [-0.4, -0.2) is 22.3 Å². The predicted octanol–water partition coefficient (Wildman–Crippen LogP) is 2.02. The number of imide groups is 1. The lowest BCUT2D eigenvalue weighted by molar-refractivity contribution is -0.145. The first-order chi connectivity index (χ1) is 7.04. The molecular weight excluding hydrogens is 190 g/mol. The maximum Gasteiger partial charge on any atom is 0.257 e. The van der Waals surface area contributed by atoms with E-state index in [9.17, 15) is 9.59 Å². The molecule has 0 aromatic heterocycles. The number of carbonyl (C=O) groups is 2. The van der Waals surface area contributed by atoms with Crippen molar-refractivity contribution >= 4 is 11.8 Å². The Morgan fingerprint density at radius 2 is 1.80 bits per heavy atom. The molecule has 0 bridgehead atoms. The third-order valence-corrected chi connectivity index (χ3v) is 3.57. The van der Waals surface area contributed by atoms with Crippen molar-refractivity contribution in [2.75, 3.05) is 0 Å². The van der Waals surface area contributed by atoms with Crippen LogP contribution in [-0.2, 0) is 9.59 Å². The van der Waals surface area contributed by atoms with E-state index in [-0.39, 0.29) is 17.4 Å². The Hall–Kier alpha value is -1.12. The maximum atomic E-state index is 11.9. The molecule has 0 saturated heterocycles.